The van der Waals surface area contributed by atoms with Crippen LogP contribution in [0.2, 0.25) is 0 Å². The lowest BCUT2D eigenvalue weighted by Gasteiger charge is -2.27. The molecule has 1 fully saturated rings. The first-order chi connectivity index (χ1) is 11.6. The Morgan fingerprint density at radius 3 is 2.58 bits per heavy atom. The second-order valence-corrected chi connectivity index (χ2v) is 6.54. The zero-order valence-electron chi connectivity index (χ0n) is 14.5. The van der Waals surface area contributed by atoms with Gasteiger partial charge in [0.1, 0.15) is 5.56 Å². The SMILES string of the molecule is CCCCC1CCC(C(=O)Nc2cccc(C(=O)OC)c2O)CC1. The van der Waals surface area contributed by atoms with Crippen LogP contribution >= 0.6 is 0 Å². The summed E-state index contributed by atoms with van der Waals surface area (Å²) in [4.78, 5) is 24.1. The van der Waals surface area contributed by atoms with Crippen molar-refractivity contribution < 1.29 is 19.4 Å². The van der Waals surface area contributed by atoms with Crippen molar-refractivity contribution in [3.8, 4) is 5.75 Å². The van der Waals surface area contributed by atoms with Crippen molar-refractivity contribution >= 4 is 17.6 Å². The third-order valence-electron chi connectivity index (χ3n) is 4.88. The Labute approximate surface area is 143 Å². The van der Waals surface area contributed by atoms with E-state index in [1.165, 1.54) is 32.4 Å². The van der Waals surface area contributed by atoms with E-state index in [0.717, 1.165) is 31.6 Å². The van der Waals surface area contributed by atoms with Crippen LogP contribution in [0.25, 0.3) is 0 Å². The number of aromatic hydroxyl groups is 1. The van der Waals surface area contributed by atoms with Crippen LogP contribution in [0.15, 0.2) is 18.2 Å². The number of hydrogen-bond acceptors (Lipinski definition) is 4. The number of benzene rings is 1. The normalized spacial score (nSPS) is 20.4. The summed E-state index contributed by atoms with van der Waals surface area (Å²) in [5.41, 5.74) is 0.314. The van der Waals surface area contributed by atoms with Gasteiger partial charge in [-0.3, -0.25) is 4.79 Å². The summed E-state index contributed by atoms with van der Waals surface area (Å²) in [7, 11) is 1.25. The molecule has 5 heteroatoms. The van der Waals surface area contributed by atoms with Gasteiger partial charge in [-0.25, -0.2) is 4.79 Å². The monoisotopic (exact) mass is 333 g/mol. The van der Waals surface area contributed by atoms with Gasteiger partial charge in [-0.1, -0.05) is 32.3 Å². The molecule has 5 nitrogen and oxygen atoms in total. The van der Waals surface area contributed by atoms with Crippen molar-refractivity contribution in [1.82, 2.24) is 0 Å². The molecule has 132 valence electrons. The van der Waals surface area contributed by atoms with Crippen LogP contribution in [-0.4, -0.2) is 24.1 Å². The van der Waals surface area contributed by atoms with E-state index in [1.807, 2.05) is 0 Å². The lowest BCUT2D eigenvalue weighted by molar-refractivity contribution is -0.121. The fraction of sp³-hybridized carbons (Fsp3) is 0.579. The highest BCUT2D eigenvalue weighted by molar-refractivity contribution is 5.99. The van der Waals surface area contributed by atoms with E-state index in [9.17, 15) is 14.7 Å². The average molecular weight is 333 g/mol. The van der Waals surface area contributed by atoms with Gasteiger partial charge in [0, 0.05) is 5.92 Å². The van der Waals surface area contributed by atoms with Crippen LogP contribution in [0, 0.1) is 11.8 Å². The topological polar surface area (TPSA) is 75.6 Å². The first-order valence-electron chi connectivity index (χ1n) is 8.78. The molecule has 1 amide bonds. The lowest BCUT2D eigenvalue weighted by atomic mass is 9.79. The number of hydrogen-bond donors (Lipinski definition) is 2. The highest BCUT2D eigenvalue weighted by Crippen LogP contribution is 2.34. The Morgan fingerprint density at radius 1 is 1.25 bits per heavy atom. The number of ether oxygens (including phenoxy) is 1. The second-order valence-electron chi connectivity index (χ2n) is 6.54. The number of amides is 1. The summed E-state index contributed by atoms with van der Waals surface area (Å²) in [6.45, 7) is 2.20. The highest BCUT2D eigenvalue weighted by atomic mass is 16.5. The number of nitrogens with one attached hydrogen (secondary N) is 1. The highest BCUT2D eigenvalue weighted by Gasteiger charge is 2.27. The number of esters is 1. The molecule has 0 bridgehead atoms. The van der Waals surface area contributed by atoms with Crippen molar-refractivity contribution in [1.29, 1.82) is 0 Å². The van der Waals surface area contributed by atoms with Crippen LogP contribution in [0.4, 0.5) is 5.69 Å². The van der Waals surface area contributed by atoms with Crippen LogP contribution in [-0.2, 0) is 9.53 Å². The minimum Gasteiger partial charge on any atom is -0.505 e. The predicted octanol–water partition coefficient (Wildman–Crippen LogP) is 4.11. The Kier molecular flexibility index (Phi) is 6.64. The first-order valence-corrected chi connectivity index (χ1v) is 8.78. The largest absolute Gasteiger partial charge is 0.505 e. The Bertz CT molecular complexity index is 577. The molecule has 1 aromatic carbocycles. The van der Waals surface area contributed by atoms with E-state index < -0.39 is 5.97 Å². The number of methoxy groups -OCH3 is 1. The van der Waals surface area contributed by atoms with Crippen molar-refractivity contribution in [2.45, 2.75) is 51.9 Å². The first kappa shape index (κ1) is 18.3. The van der Waals surface area contributed by atoms with Crippen molar-refractivity contribution in [3.05, 3.63) is 23.8 Å². The number of anilines is 1. The molecule has 2 N–H and O–H groups in total. The molecule has 1 aliphatic carbocycles. The minimum absolute atomic E-state index is 0.0240. The number of unbranched alkanes of at least 4 members (excludes halogenated alkanes) is 1. The summed E-state index contributed by atoms with van der Waals surface area (Å²) < 4.78 is 4.63. The summed E-state index contributed by atoms with van der Waals surface area (Å²) >= 11 is 0. The molecular formula is C19H27NO4. The molecule has 0 atom stereocenters. The molecule has 2 rings (SSSR count). The van der Waals surface area contributed by atoms with Crippen molar-refractivity contribution in [2.75, 3.05) is 12.4 Å². The number of phenolic OH excluding ortho intramolecular Hbond substituents is 1. The van der Waals surface area contributed by atoms with Gasteiger partial charge in [0.15, 0.2) is 5.75 Å². The van der Waals surface area contributed by atoms with Gasteiger partial charge in [0.05, 0.1) is 12.8 Å². The average Bonchev–Trinajstić information content (AvgIpc) is 2.61. The van der Waals surface area contributed by atoms with Crippen LogP contribution in [0.5, 0.6) is 5.75 Å². The second kappa shape index (κ2) is 8.71. The van der Waals surface area contributed by atoms with E-state index in [0.29, 0.717) is 0 Å². The lowest BCUT2D eigenvalue weighted by Crippen LogP contribution is -2.27. The summed E-state index contributed by atoms with van der Waals surface area (Å²) in [6, 6.07) is 4.67. The molecule has 1 saturated carbocycles. The fourth-order valence-electron chi connectivity index (χ4n) is 3.36. The third kappa shape index (κ3) is 4.49. The molecule has 1 aromatic rings. The Hall–Kier alpha value is -2.04. The molecule has 0 heterocycles. The van der Waals surface area contributed by atoms with Crippen molar-refractivity contribution in [2.24, 2.45) is 11.8 Å². The number of carbonyl (C=O) groups is 2. The van der Waals surface area contributed by atoms with Gasteiger partial charge in [0.2, 0.25) is 5.91 Å². The number of phenols is 1. The number of carbonyl (C=O) groups excluding carboxylic acids is 2. The Morgan fingerprint density at radius 2 is 1.96 bits per heavy atom. The van der Waals surface area contributed by atoms with Crippen LogP contribution in [0.1, 0.15) is 62.2 Å². The van der Waals surface area contributed by atoms with Gasteiger partial charge in [-0.2, -0.15) is 0 Å². The number of rotatable bonds is 6. The maximum atomic E-state index is 12.5. The molecular weight excluding hydrogens is 306 g/mol. The quantitative estimate of drug-likeness (QED) is 0.607. The van der Waals surface area contributed by atoms with E-state index in [4.69, 9.17) is 0 Å². The maximum absolute atomic E-state index is 12.5. The van der Waals surface area contributed by atoms with Gasteiger partial charge in [0.25, 0.3) is 0 Å². The Balaban J connectivity index is 1.95. The smallest absolute Gasteiger partial charge is 0.341 e. The van der Waals surface area contributed by atoms with Gasteiger partial charge >= 0.3 is 5.97 Å². The summed E-state index contributed by atoms with van der Waals surface area (Å²) in [5.74, 6) is -0.232. The maximum Gasteiger partial charge on any atom is 0.341 e. The van der Waals surface area contributed by atoms with E-state index >= 15 is 0 Å². The standard InChI is InChI=1S/C19H27NO4/c1-3-4-6-13-9-11-14(12-10-13)18(22)20-16-8-5-7-15(17(16)21)19(23)24-2/h5,7-8,13-14,21H,3-4,6,9-12H2,1-2H3,(H,20,22). The fourth-order valence-corrected chi connectivity index (χ4v) is 3.36. The summed E-state index contributed by atoms with van der Waals surface area (Å²) in [6.07, 6.45) is 7.69. The van der Waals surface area contributed by atoms with Crippen LogP contribution in [0.3, 0.4) is 0 Å². The van der Waals surface area contributed by atoms with E-state index in [2.05, 4.69) is 17.0 Å². The number of para-hydroxylation sites is 1. The van der Waals surface area contributed by atoms with Gasteiger partial charge in [-0.05, 0) is 43.7 Å². The molecule has 0 aromatic heterocycles. The zero-order chi connectivity index (χ0) is 17.5. The summed E-state index contributed by atoms with van der Waals surface area (Å²) in [5, 5.41) is 12.9. The molecule has 0 unspecified atom stereocenters. The molecule has 0 aliphatic heterocycles. The van der Waals surface area contributed by atoms with E-state index in [1.54, 1.807) is 12.1 Å². The van der Waals surface area contributed by atoms with Crippen molar-refractivity contribution in [3.63, 3.8) is 0 Å². The predicted molar refractivity (Wildman–Crippen MR) is 93.0 cm³/mol. The zero-order valence-corrected chi connectivity index (χ0v) is 14.5. The molecule has 24 heavy (non-hydrogen) atoms. The molecule has 0 saturated heterocycles. The third-order valence-corrected chi connectivity index (χ3v) is 4.88. The molecule has 0 radical (unpaired) electrons. The molecule has 1 aliphatic rings. The van der Waals surface area contributed by atoms with E-state index in [-0.39, 0.29) is 28.8 Å². The van der Waals surface area contributed by atoms with Crippen LogP contribution < -0.4 is 5.32 Å². The van der Waals surface area contributed by atoms with Gasteiger partial charge in [-0.15, -0.1) is 0 Å². The minimum atomic E-state index is -0.625. The molecule has 0 spiro atoms. The van der Waals surface area contributed by atoms with Gasteiger partial charge < -0.3 is 15.2 Å².